The Hall–Kier alpha value is -2.54. The Morgan fingerprint density at radius 2 is 1.47 bits per heavy atom. The topological polar surface area (TPSA) is 122 Å². The van der Waals surface area contributed by atoms with Gasteiger partial charge in [0, 0.05) is 82.5 Å². The van der Waals surface area contributed by atoms with Crippen LogP contribution in [-0.4, -0.2) is 119 Å². The molecule has 11 nitrogen and oxygen atoms in total. The lowest BCUT2D eigenvalue weighted by molar-refractivity contribution is -0.287. The molecule has 13 atom stereocenters. The maximum atomic E-state index is 14.6. The fourth-order valence-corrected chi connectivity index (χ4v) is 14.8. The molecule has 1 N–H and O–H groups in total. The van der Waals surface area contributed by atoms with Gasteiger partial charge in [0.25, 0.3) is 0 Å². The smallest absolute Gasteiger partial charge is 0.338 e. The summed E-state index contributed by atoms with van der Waals surface area (Å²) in [6.45, 7) is 6.67. The van der Waals surface area contributed by atoms with E-state index in [2.05, 4.69) is 30.9 Å². The number of aliphatic hydroxyl groups is 1. The average molecular weight is 866 g/mol. The van der Waals surface area contributed by atoms with Gasteiger partial charge in [-0.1, -0.05) is 77.4 Å². The first kappa shape index (κ1) is 47.4. The molecular formula is C51H79NO10. The number of nitrogens with zero attached hydrogens (tertiary/aromatic N) is 1. The van der Waals surface area contributed by atoms with Crippen molar-refractivity contribution in [2.75, 3.05) is 55.2 Å². The minimum Gasteiger partial charge on any atom is -0.497 e. The second kappa shape index (κ2) is 20.3. The van der Waals surface area contributed by atoms with Gasteiger partial charge in [0.2, 0.25) is 0 Å². The molecule has 1 aliphatic heterocycles. The summed E-state index contributed by atoms with van der Waals surface area (Å²) in [7, 11) is 8.60. The molecule has 1 heterocycles. The number of unbranched alkanes of at least 4 members (excludes halogenated alkanes) is 11. The molecule has 5 saturated carbocycles. The highest BCUT2D eigenvalue weighted by Gasteiger charge is 2.90. The first-order chi connectivity index (χ1) is 30.1. The monoisotopic (exact) mass is 866 g/mol. The molecule has 0 radical (unpaired) electrons. The lowest BCUT2D eigenvalue weighted by Crippen LogP contribution is -2.77. The molecule has 11 heteroatoms. The third-order valence-corrected chi connectivity index (χ3v) is 16.9. The lowest BCUT2D eigenvalue weighted by Gasteiger charge is -2.69. The predicted molar refractivity (Wildman–Crippen MR) is 238 cm³/mol. The van der Waals surface area contributed by atoms with Gasteiger partial charge < -0.3 is 38.3 Å². The molecule has 0 aromatic heterocycles. The van der Waals surface area contributed by atoms with Gasteiger partial charge in [-0.3, -0.25) is 9.69 Å². The minimum absolute atomic E-state index is 0.00527. The average Bonchev–Trinajstić information content (AvgIpc) is 3.66. The summed E-state index contributed by atoms with van der Waals surface area (Å²) in [6, 6.07) is 6.76. The van der Waals surface area contributed by atoms with E-state index < -0.39 is 40.7 Å². The zero-order valence-corrected chi connectivity index (χ0v) is 39.1. The number of allylic oxidation sites excluding steroid dienone is 2. The Kier molecular flexibility index (Phi) is 15.5. The number of fused-ring (bicyclic) bond motifs is 2. The second-order valence-electron chi connectivity index (χ2n) is 19.8. The third-order valence-electron chi connectivity index (χ3n) is 16.9. The van der Waals surface area contributed by atoms with Crippen LogP contribution in [0.15, 0.2) is 36.4 Å². The first-order valence-corrected chi connectivity index (χ1v) is 24.4. The van der Waals surface area contributed by atoms with Gasteiger partial charge in [0.05, 0.1) is 37.6 Å². The van der Waals surface area contributed by atoms with E-state index >= 15 is 0 Å². The number of likely N-dealkylation sites (tertiary alicyclic amines) is 1. The number of piperidine rings is 1. The van der Waals surface area contributed by atoms with Gasteiger partial charge in [0.1, 0.15) is 23.1 Å². The van der Waals surface area contributed by atoms with Gasteiger partial charge >= 0.3 is 11.9 Å². The fraction of sp³-hybridized carbons (Fsp3) is 0.804. The van der Waals surface area contributed by atoms with Crippen molar-refractivity contribution in [3.63, 3.8) is 0 Å². The van der Waals surface area contributed by atoms with Crippen LogP contribution >= 0.6 is 0 Å². The predicted octanol–water partition coefficient (Wildman–Crippen LogP) is 8.73. The van der Waals surface area contributed by atoms with Crippen molar-refractivity contribution in [2.24, 2.45) is 34.5 Å². The molecule has 1 aromatic carbocycles. The number of hydrogen-bond donors (Lipinski definition) is 1. The number of methoxy groups -OCH3 is 5. The lowest BCUT2D eigenvalue weighted by atomic mass is 9.43. The standard InChI is InChI=1S/C51H79NO10/c1-8-10-11-12-13-14-15-16-17-18-19-20-21-22-23-24-40(53)62-50-32-39(59-6)49(55)31-37(41(50)46(49)61-47(54)35-25-27-36(57-4)28-26-35)51-38(58-5)29-30-48(34-56-3)33-52(9-2)45(51)42(50)43(60-7)44(48)51/h16-17,25-28,37-39,41-46,55H,8-15,18-24,29-34H2,1-7H3/b17-16-/t37?,38-,39-,41?,42-,43-,44?,45?,46+,48-,49-,50+,51-/m0/s1. The van der Waals surface area contributed by atoms with Crippen molar-refractivity contribution in [3.05, 3.63) is 42.0 Å². The maximum Gasteiger partial charge on any atom is 0.338 e. The molecule has 62 heavy (non-hydrogen) atoms. The van der Waals surface area contributed by atoms with Gasteiger partial charge in [0.15, 0.2) is 0 Å². The highest BCUT2D eigenvalue weighted by molar-refractivity contribution is 5.89. The third kappa shape index (κ3) is 8.09. The van der Waals surface area contributed by atoms with Gasteiger partial charge in [-0.05, 0) is 88.1 Å². The van der Waals surface area contributed by atoms with Crippen LogP contribution in [0, 0.1) is 34.5 Å². The Morgan fingerprint density at radius 1 is 0.806 bits per heavy atom. The molecule has 7 rings (SSSR count). The largest absolute Gasteiger partial charge is 0.497 e. The summed E-state index contributed by atoms with van der Waals surface area (Å²) in [5, 5.41) is 13.1. The molecule has 0 amide bonds. The van der Waals surface area contributed by atoms with E-state index in [1.54, 1.807) is 52.7 Å². The Balaban J connectivity index is 1.16. The molecule has 7 bridgehead atoms. The number of esters is 2. The van der Waals surface area contributed by atoms with E-state index in [0.717, 1.165) is 64.5 Å². The zero-order valence-electron chi connectivity index (χ0n) is 39.1. The van der Waals surface area contributed by atoms with Crippen molar-refractivity contribution in [1.29, 1.82) is 0 Å². The van der Waals surface area contributed by atoms with E-state index in [1.807, 2.05) is 7.11 Å². The van der Waals surface area contributed by atoms with E-state index in [0.29, 0.717) is 30.8 Å². The molecule has 1 saturated heterocycles. The summed E-state index contributed by atoms with van der Waals surface area (Å²) >= 11 is 0. The minimum atomic E-state index is -1.53. The normalized spacial score (nSPS) is 37.8. The molecular weight excluding hydrogens is 787 g/mol. The summed E-state index contributed by atoms with van der Waals surface area (Å²) in [6.07, 6.45) is 20.4. The Morgan fingerprint density at radius 3 is 2.08 bits per heavy atom. The highest BCUT2D eigenvalue weighted by atomic mass is 16.6. The number of ether oxygens (including phenoxy) is 7. The number of benzene rings is 1. The molecule has 6 fully saturated rings. The Bertz CT molecular complexity index is 1670. The van der Waals surface area contributed by atoms with Gasteiger partial charge in [-0.25, -0.2) is 4.79 Å². The maximum absolute atomic E-state index is 14.6. The first-order valence-electron chi connectivity index (χ1n) is 24.4. The van der Waals surface area contributed by atoms with Crippen molar-refractivity contribution in [1.82, 2.24) is 4.90 Å². The van der Waals surface area contributed by atoms with Crippen LogP contribution in [0.1, 0.15) is 140 Å². The van der Waals surface area contributed by atoms with E-state index in [9.17, 15) is 14.7 Å². The van der Waals surface area contributed by atoms with Crippen LogP contribution in [0.25, 0.3) is 0 Å². The number of carbonyl (C=O) groups is 2. The Labute approximate surface area is 372 Å². The van der Waals surface area contributed by atoms with E-state index in [1.165, 1.54) is 44.9 Å². The molecule has 4 unspecified atom stereocenters. The van der Waals surface area contributed by atoms with Crippen LogP contribution in [-0.2, 0) is 33.2 Å². The zero-order chi connectivity index (χ0) is 44.1. The summed E-state index contributed by atoms with van der Waals surface area (Å²) in [5.41, 5.74) is -3.09. The van der Waals surface area contributed by atoms with Crippen LogP contribution < -0.4 is 4.74 Å². The van der Waals surface area contributed by atoms with Crippen molar-refractivity contribution in [2.45, 2.75) is 171 Å². The van der Waals surface area contributed by atoms with Crippen LogP contribution in [0.5, 0.6) is 5.75 Å². The second-order valence-corrected chi connectivity index (χ2v) is 19.8. The number of hydrogen-bond acceptors (Lipinski definition) is 11. The summed E-state index contributed by atoms with van der Waals surface area (Å²) in [4.78, 5) is 31.4. The van der Waals surface area contributed by atoms with Crippen molar-refractivity contribution >= 4 is 11.9 Å². The number of carbonyl (C=O) groups excluding carboxylic acids is 2. The van der Waals surface area contributed by atoms with Crippen LogP contribution in [0.2, 0.25) is 0 Å². The van der Waals surface area contributed by atoms with Crippen molar-refractivity contribution in [3.8, 4) is 5.75 Å². The van der Waals surface area contributed by atoms with Gasteiger partial charge in [-0.2, -0.15) is 0 Å². The quantitative estimate of drug-likeness (QED) is 0.0577. The fourth-order valence-electron chi connectivity index (χ4n) is 14.8. The van der Waals surface area contributed by atoms with E-state index in [4.69, 9.17) is 33.2 Å². The summed E-state index contributed by atoms with van der Waals surface area (Å²) < 4.78 is 45.0. The SMILES string of the molecule is CCCCCCCC/C=C\CCCCCCCC(=O)O[C@]12C[C@H](OC)[C@@]3(O)CC(C1[C@H]3OC(=O)c1ccc(OC)cc1)[C@@]13C4[C@@H]2[C@H](OC)C1[C@@](COC)(CC[C@@H]3OC)CN4CC. The van der Waals surface area contributed by atoms with E-state index in [-0.39, 0.29) is 53.8 Å². The summed E-state index contributed by atoms with van der Waals surface area (Å²) in [5.74, 6) is -1.23. The number of rotatable bonds is 25. The van der Waals surface area contributed by atoms with Crippen molar-refractivity contribution < 1.29 is 47.9 Å². The highest BCUT2D eigenvalue weighted by Crippen LogP contribution is 2.80. The molecule has 6 aliphatic rings. The van der Waals surface area contributed by atoms with Crippen LogP contribution in [0.4, 0.5) is 0 Å². The molecule has 5 aliphatic carbocycles. The molecule has 348 valence electrons. The van der Waals surface area contributed by atoms with Gasteiger partial charge in [-0.15, -0.1) is 0 Å². The van der Waals surface area contributed by atoms with Crippen LogP contribution in [0.3, 0.4) is 0 Å². The molecule has 1 spiro atoms. The molecule has 1 aromatic rings.